The van der Waals surface area contributed by atoms with Gasteiger partial charge in [0.2, 0.25) is 0 Å². The van der Waals surface area contributed by atoms with Crippen molar-refractivity contribution < 1.29 is 19.1 Å². The predicted molar refractivity (Wildman–Crippen MR) is 124 cm³/mol. The highest BCUT2D eigenvalue weighted by Gasteiger charge is 2.22. The van der Waals surface area contributed by atoms with Gasteiger partial charge in [-0.05, 0) is 25.0 Å². The molecule has 0 atom stereocenters. The van der Waals surface area contributed by atoms with E-state index in [1.54, 1.807) is 0 Å². The average molecular weight is 459 g/mol. The van der Waals surface area contributed by atoms with Gasteiger partial charge in [-0.1, -0.05) is 101 Å². The quantitative estimate of drug-likeness (QED) is 0.185. The minimum absolute atomic E-state index is 0.100. The number of hydrogen-bond acceptors (Lipinski definition) is 4. The van der Waals surface area contributed by atoms with E-state index in [1.807, 2.05) is 0 Å². The molecule has 0 heterocycles. The molecule has 4 nitrogen and oxygen atoms in total. The first-order valence-corrected chi connectivity index (χ1v) is 12.1. The van der Waals surface area contributed by atoms with E-state index in [4.69, 9.17) is 32.7 Å². The monoisotopic (exact) mass is 458 g/mol. The molecule has 0 N–H and O–H groups in total. The Balaban J connectivity index is 2.55. The zero-order chi connectivity index (χ0) is 22.2. The maximum atomic E-state index is 12.5. The summed E-state index contributed by atoms with van der Waals surface area (Å²) in [6.07, 6.45) is 13.2. The Bertz CT molecular complexity index is 591. The van der Waals surface area contributed by atoms with Crippen LogP contribution in [0.3, 0.4) is 0 Å². The van der Waals surface area contributed by atoms with Gasteiger partial charge in [0.15, 0.2) is 0 Å². The van der Waals surface area contributed by atoms with E-state index in [0.29, 0.717) is 13.2 Å². The van der Waals surface area contributed by atoms with Crippen molar-refractivity contribution >= 4 is 35.1 Å². The van der Waals surface area contributed by atoms with Crippen molar-refractivity contribution in [2.24, 2.45) is 0 Å². The molecule has 0 fully saturated rings. The highest BCUT2D eigenvalue weighted by atomic mass is 35.5. The van der Waals surface area contributed by atoms with Crippen molar-refractivity contribution in [3.63, 3.8) is 0 Å². The molecule has 1 rings (SSSR count). The number of hydrogen-bond donors (Lipinski definition) is 0. The summed E-state index contributed by atoms with van der Waals surface area (Å²) < 4.78 is 10.7. The smallest absolute Gasteiger partial charge is 0.339 e. The molecule has 170 valence electrons. The van der Waals surface area contributed by atoms with Crippen LogP contribution < -0.4 is 0 Å². The molecule has 0 saturated carbocycles. The van der Waals surface area contributed by atoms with Crippen molar-refractivity contribution in [1.82, 2.24) is 0 Å². The molecule has 0 aromatic heterocycles. The topological polar surface area (TPSA) is 52.6 Å². The van der Waals surface area contributed by atoms with Gasteiger partial charge in [0.1, 0.15) is 0 Å². The van der Waals surface area contributed by atoms with Crippen LogP contribution >= 0.6 is 23.2 Å². The van der Waals surface area contributed by atoms with Gasteiger partial charge in [-0.25, -0.2) is 9.59 Å². The van der Waals surface area contributed by atoms with Crippen LogP contribution in [0, 0.1) is 0 Å². The maximum absolute atomic E-state index is 12.5. The average Bonchev–Trinajstić information content (AvgIpc) is 2.73. The Morgan fingerprint density at radius 3 is 1.33 bits per heavy atom. The minimum Gasteiger partial charge on any atom is -0.462 e. The van der Waals surface area contributed by atoms with Gasteiger partial charge in [-0.3, -0.25) is 0 Å². The molecular formula is C24H36Cl2O4. The SMILES string of the molecule is CCCCCCCCOC(=O)c1cc(Cl)c(Cl)cc1C(=O)OCCCCCCCC. The number of carbonyl (C=O) groups excluding carboxylic acids is 2. The van der Waals surface area contributed by atoms with Gasteiger partial charge < -0.3 is 9.47 Å². The molecule has 0 radical (unpaired) electrons. The van der Waals surface area contributed by atoms with E-state index in [2.05, 4.69) is 13.8 Å². The third-order valence-electron chi connectivity index (χ3n) is 4.96. The summed E-state index contributed by atoms with van der Waals surface area (Å²) in [5.74, 6) is -1.15. The number of carbonyl (C=O) groups is 2. The number of rotatable bonds is 16. The lowest BCUT2D eigenvalue weighted by Crippen LogP contribution is -2.15. The van der Waals surface area contributed by atoms with Crippen LogP contribution in [0.15, 0.2) is 12.1 Å². The van der Waals surface area contributed by atoms with Gasteiger partial charge >= 0.3 is 11.9 Å². The first kappa shape index (κ1) is 26.8. The van der Waals surface area contributed by atoms with Crippen LogP contribution in [-0.2, 0) is 9.47 Å². The summed E-state index contributed by atoms with van der Waals surface area (Å²) in [6.45, 7) is 4.99. The molecular weight excluding hydrogens is 423 g/mol. The van der Waals surface area contributed by atoms with E-state index in [9.17, 15) is 9.59 Å². The summed E-state index contributed by atoms with van der Waals surface area (Å²) >= 11 is 12.1. The molecule has 0 aliphatic carbocycles. The summed E-state index contributed by atoms with van der Waals surface area (Å²) in [6, 6.07) is 2.77. The molecule has 0 spiro atoms. The van der Waals surface area contributed by atoms with Crippen LogP contribution in [0.5, 0.6) is 0 Å². The maximum Gasteiger partial charge on any atom is 0.339 e. The van der Waals surface area contributed by atoms with Crippen LogP contribution in [0.25, 0.3) is 0 Å². The fraction of sp³-hybridized carbons (Fsp3) is 0.667. The fourth-order valence-electron chi connectivity index (χ4n) is 3.13. The van der Waals surface area contributed by atoms with E-state index < -0.39 is 11.9 Å². The lowest BCUT2D eigenvalue weighted by Gasteiger charge is -2.11. The zero-order valence-electron chi connectivity index (χ0n) is 18.4. The normalized spacial score (nSPS) is 10.8. The molecule has 0 unspecified atom stereocenters. The second kappa shape index (κ2) is 16.4. The van der Waals surface area contributed by atoms with Gasteiger partial charge in [0.05, 0.1) is 34.4 Å². The third-order valence-corrected chi connectivity index (χ3v) is 5.68. The van der Waals surface area contributed by atoms with Crippen molar-refractivity contribution in [3.8, 4) is 0 Å². The molecule has 0 bridgehead atoms. The van der Waals surface area contributed by atoms with Crippen molar-refractivity contribution in [1.29, 1.82) is 0 Å². The van der Waals surface area contributed by atoms with Gasteiger partial charge in [-0.2, -0.15) is 0 Å². The molecule has 0 amide bonds. The number of esters is 2. The fourth-order valence-corrected chi connectivity index (χ4v) is 3.46. The van der Waals surface area contributed by atoms with Gasteiger partial charge in [0, 0.05) is 0 Å². The lowest BCUT2D eigenvalue weighted by atomic mass is 10.1. The second-order valence-electron chi connectivity index (χ2n) is 7.62. The first-order valence-electron chi connectivity index (χ1n) is 11.3. The molecule has 30 heavy (non-hydrogen) atoms. The van der Waals surface area contributed by atoms with E-state index in [1.165, 1.54) is 50.7 Å². The predicted octanol–water partition coefficient (Wildman–Crippen LogP) is 8.03. The summed E-state index contributed by atoms with van der Waals surface area (Å²) in [5, 5.41) is 0.409. The first-order chi connectivity index (χ1) is 14.5. The number of halogens is 2. The highest BCUT2D eigenvalue weighted by Crippen LogP contribution is 2.27. The standard InChI is InChI=1S/C24H36Cl2O4/c1-3-5-7-9-11-13-15-29-23(27)19-17-21(25)22(26)18-20(19)24(28)30-16-14-12-10-8-6-4-2/h17-18H,3-16H2,1-2H3. The molecule has 1 aromatic carbocycles. The largest absolute Gasteiger partial charge is 0.462 e. The molecule has 6 heteroatoms. The molecule has 0 aliphatic rings. The van der Waals surface area contributed by atoms with Gasteiger partial charge in [0.25, 0.3) is 0 Å². The Morgan fingerprint density at radius 2 is 0.967 bits per heavy atom. The Hall–Kier alpha value is -1.26. The number of ether oxygens (including phenoxy) is 2. The van der Waals surface area contributed by atoms with Crippen LogP contribution in [0.1, 0.15) is 112 Å². The summed E-state index contributed by atoms with van der Waals surface area (Å²) in [7, 11) is 0. The number of unbranched alkanes of at least 4 members (excludes halogenated alkanes) is 10. The third kappa shape index (κ3) is 10.7. The second-order valence-corrected chi connectivity index (χ2v) is 8.43. The summed E-state index contributed by atoms with van der Waals surface area (Å²) in [5.41, 5.74) is 0.201. The Labute approximate surface area is 191 Å². The minimum atomic E-state index is -0.575. The van der Waals surface area contributed by atoms with Crippen molar-refractivity contribution in [2.45, 2.75) is 90.9 Å². The molecule has 0 aliphatic heterocycles. The number of benzene rings is 1. The van der Waals surface area contributed by atoms with Gasteiger partial charge in [-0.15, -0.1) is 0 Å². The molecule has 0 saturated heterocycles. The van der Waals surface area contributed by atoms with Crippen LogP contribution in [0.2, 0.25) is 10.0 Å². The van der Waals surface area contributed by atoms with Crippen molar-refractivity contribution in [3.05, 3.63) is 33.3 Å². The van der Waals surface area contributed by atoms with E-state index >= 15 is 0 Å². The van der Waals surface area contributed by atoms with E-state index in [-0.39, 0.29) is 21.2 Å². The molecule has 1 aromatic rings. The van der Waals surface area contributed by atoms with Crippen molar-refractivity contribution in [2.75, 3.05) is 13.2 Å². The zero-order valence-corrected chi connectivity index (χ0v) is 20.0. The van der Waals surface area contributed by atoms with Crippen LogP contribution in [0.4, 0.5) is 0 Å². The highest BCUT2D eigenvalue weighted by molar-refractivity contribution is 6.42. The Kier molecular flexibility index (Phi) is 14.7. The lowest BCUT2D eigenvalue weighted by molar-refractivity contribution is 0.0450. The Morgan fingerprint density at radius 1 is 0.633 bits per heavy atom. The summed E-state index contributed by atoms with van der Waals surface area (Å²) in [4.78, 5) is 25.0. The van der Waals surface area contributed by atoms with E-state index in [0.717, 1.165) is 38.5 Å². The van der Waals surface area contributed by atoms with Crippen LogP contribution in [-0.4, -0.2) is 25.2 Å².